The molecule has 0 aliphatic carbocycles. The molecule has 1 aromatic rings. The Morgan fingerprint density at radius 3 is 2.67 bits per heavy atom. The Morgan fingerprint density at radius 1 is 1.33 bits per heavy atom. The van der Waals surface area contributed by atoms with Crippen LogP contribution in [-0.2, 0) is 11.3 Å². The topological polar surface area (TPSA) is 32.8 Å². The molecule has 0 saturated carbocycles. The Bertz CT molecular complexity index is 468. The summed E-state index contributed by atoms with van der Waals surface area (Å²) in [5.74, 6) is 0.509. The van der Waals surface area contributed by atoms with Gasteiger partial charge in [-0.1, -0.05) is 18.2 Å². The van der Waals surface area contributed by atoms with Gasteiger partial charge in [-0.05, 0) is 57.6 Å². The van der Waals surface area contributed by atoms with Crippen molar-refractivity contribution in [1.29, 1.82) is 0 Å². The predicted molar refractivity (Wildman–Crippen MR) is 84.3 cm³/mol. The van der Waals surface area contributed by atoms with Gasteiger partial charge in [0.2, 0.25) is 0 Å². The number of nitrogens with zero attached hydrogens (tertiary/aromatic N) is 2. The fourth-order valence-corrected chi connectivity index (χ4v) is 3.01. The SMILES string of the molecule is COC(=O)c1ccccc1CN(C)CC1CCN(C)CC1. The molecule has 1 heterocycles. The average Bonchev–Trinajstić information content (AvgIpc) is 2.49. The van der Waals surface area contributed by atoms with E-state index in [1.807, 2.05) is 24.3 Å². The molecular weight excluding hydrogens is 264 g/mol. The highest BCUT2D eigenvalue weighted by molar-refractivity contribution is 5.90. The first-order chi connectivity index (χ1) is 10.1. The number of carbonyl (C=O) groups is 1. The molecule has 1 aliphatic heterocycles. The summed E-state index contributed by atoms with van der Waals surface area (Å²) >= 11 is 0. The predicted octanol–water partition coefficient (Wildman–Crippen LogP) is 2.25. The molecule has 21 heavy (non-hydrogen) atoms. The molecule has 1 aliphatic rings. The zero-order chi connectivity index (χ0) is 15.2. The van der Waals surface area contributed by atoms with Crippen molar-refractivity contribution in [3.05, 3.63) is 35.4 Å². The molecule has 1 saturated heterocycles. The average molecular weight is 290 g/mol. The van der Waals surface area contributed by atoms with Crippen molar-refractivity contribution in [2.75, 3.05) is 40.8 Å². The summed E-state index contributed by atoms with van der Waals surface area (Å²) in [6.45, 7) is 4.26. The van der Waals surface area contributed by atoms with E-state index >= 15 is 0 Å². The highest BCUT2D eigenvalue weighted by atomic mass is 16.5. The summed E-state index contributed by atoms with van der Waals surface area (Å²) < 4.78 is 4.86. The summed E-state index contributed by atoms with van der Waals surface area (Å²) in [7, 11) is 5.75. The van der Waals surface area contributed by atoms with Crippen LogP contribution in [0.25, 0.3) is 0 Å². The number of likely N-dealkylation sites (tertiary alicyclic amines) is 1. The van der Waals surface area contributed by atoms with Crippen LogP contribution in [0.15, 0.2) is 24.3 Å². The first-order valence-corrected chi connectivity index (χ1v) is 7.63. The minimum absolute atomic E-state index is 0.252. The first kappa shape index (κ1) is 16.0. The van der Waals surface area contributed by atoms with E-state index in [-0.39, 0.29) is 5.97 Å². The summed E-state index contributed by atoms with van der Waals surface area (Å²) in [5, 5.41) is 0. The molecular formula is C17H26N2O2. The zero-order valence-corrected chi connectivity index (χ0v) is 13.3. The quantitative estimate of drug-likeness (QED) is 0.779. The van der Waals surface area contributed by atoms with E-state index in [2.05, 4.69) is 23.9 Å². The number of benzene rings is 1. The van der Waals surface area contributed by atoms with Gasteiger partial charge in [0, 0.05) is 13.1 Å². The van der Waals surface area contributed by atoms with Crippen molar-refractivity contribution in [3.8, 4) is 0 Å². The van der Waals surface area contributed by atoms with Crippen LogP contribution in [0.2, 0.25) is 0 Å². The largest absolute Gasteiger partial charge is 0.465 e. The molecule has 0 bridgehead atoms. The van der Waals surface area contributed by atoms with Gasteiger partial charge in [0.1, 0.15) is 0 Å². The number of carbonyl (C=O) groups excluding carboxylic acids is 1. The van der Waals surface area contributed by atoms with E-state index < -0.39 is 0 Å². The van der Waals surface area contributed by atoms with Crippen LogP contribution in [0.3, 0.4) is 0 Å². The van der Waals surface area contributed by atoms with Gasteiger partial charge in [0.15, 0.2) is 0 Å². The standard InChI is InChI=1S/C17H26N2O2/c1-18-10-8-14(9-11-18)12-19(2)13-15-6-4-5-7-16(15)17(20)21-3/h4-7,14H,8-13H2,1-3H3. The third kappa shape index (κ3) is 4.55. The maximum absolute atomic E-state index is 11.8. The van der Waals surface area contributed by atoms with E-state index in [1.54, 1.807) is 0 Å². The van der Waals surface area contributed by atoms with Gasteiger partial charge in [-0.15, -0.1) is 0 Å². The van der Waals surface area contributed by atoms with Gasteiger partial charge in [0.25, 0.3) is 0 Å². The molecule has 0 N–H and O–H groups in total. The van der Waals surface area contributed by atoms with Crippen molar-refractivity contribution in [2.45, 2.75) is 19.4 Å². The van der Waals surface area contributed by atoms with Gasteiger partial charge in [-0.25, -0.2) is 4.79 Å². The Labute approximate surface area is 127 Å². The van der Waals surface area contributed by atoms with Crippen LogP contribution in [0.1, 0.15) is 28.8 Å². The lowest BCUT2D eigenvalue weighted by Crippen LogP contribution is -2.35. The minimum atomic E-state index is -0.252. The molecule has 116 valence electrons. The minimum Gasteiger partial charge on any atom is -0.465 e. The van der Waals surface area contributed by atoms with E-state index in [9.17, 15) is 4.79 Å². The van der Waals surface area contributed by atoms with Gasteiger partial charge < -0.3 is 14.5 Å². The highest BCUT2D eigenvalue weighted by Crippen LogP contribution is 2.19. The van der Waals surface area contributed by atoms with Crippen LogP contribution in [0, 0.1) is 5.92 Å². The molecule has 0 spiro atoms. The van der Waals surface area contributed by atoms with Crippen molar-refractivity contribution in [2.24, 2.45) is 5.92 Å². The Morgan fingerprint density at radius 2 is 2.00 bits per heavy atom. The first-order valence-electron chi connectivity index (χ1n) is 7.63. The fourth-order valence-electron chi connectivity index (χ4n) is 3.01. The van der Waals surface area contributed by atoms with Crippen LogP contribution in [-0.4, -0.2) is 56.6 Å². The van der Waals surface area contributed by atoms with Crippen molar-refractivity contribution in [1.82, 2.24) is 9.80 Å². The summed E-state index contributed by atoms with van der Waals surface area (Å²) in [6, 6.07) is 7.71. The van der Waals surface area contributed by atoms with Crippen LogP contribution in [0.4, 0.5) is 0 Å². The van der Waals surface area contributed by atoms with Gasteiger partial charge in [0.05, 0.1) is 12.7 Å². The summed E-state index contributed by atoms with van der Waals surface area (Å²) in [5.41, 5.74) is 1.72. The number of rotatable bonds is 5. The Hall–Kier alpha value is -1.39. The van der Waals surface area contributed by atoms with E-state index in [0.29, 0.717) is 5.56 Å². The molecule has 0 aromatic heterocycles. The second-order valence-corrected chi connectivity index (χ2v) is 6.09. The normalized spacial score (nSPS) is 17.1. The molecule has 0 unspecified atom stereocenters. The summed E-state index contributed by atoms with van der Waals surface area (Å²) in [6.07, 6.45) is 2.53. The number of piperidine rings is 1. The maximum atomic E-state index is 11.8. The number of hydrogen-bond acceptors (Lipinski definition) is 4. The number of hydrogen-bond donors (Lipinski definition) is 0. The van der Waals surface area contributed by atoms with Crippen LogP contribution in [0.5, 0.6) is 0 Å². The number of methoxy groups -OCH3 is 1. The highest BCUT2D eigenvalue weighted by Gasteiger charge is 2.19. The van der Waals surface area contributed by atoms with Crippen LogP contribution >= 0.6 is 0 Å². The monoisotopic (exact) mass is 290 g/mol. The number of ether oxygens (including phenoxy) is 1. The molecule has 2 rings (SSSR count). The third-order valence-corrected chi connectivity index (χ3v) is 4.27. The molecule has 0 atom stereocenters. The van der Waals surface area contributed by atoms with Gasteiger partial charge in [-0.2, -0.15) is 0 Å². The molecule has 0 amide bonds. The Kier molecular flexibility index (Phi) is 5.76. The third-order valence-electron chi connectivity index (χ3n) is 4.27. The molecule has 0 radical (unpaired) electrons. The molecule has 1 fully saturated rings. The van der Waals surface area contributed by atoms with E-state index in [1.165, 1.54) is 33.0 Å². The van der Waals surface area contributed by atoms with Crippen molar-refractivity contribution >= 4 is 5.97 Å². The molecule has 4 heteroatoms. The second-order valence-electron chi connectivity index (χ2n) is 6.09. The summed E-state index contributed by atoms with van der Waals surface area (Å²) in [4.78, 5) is 16.5. The van der Waals surface area contributed by atoms with E-state index in [4.69, 9.17) is 4.74 Å². The number of esters is 1. The zero-order valence-electron chi connectivity index (χ0n) is 13.3. The van der Waals surface area contributed by atoms with Crippen molar-refractivity contribution < 1.29 is 9.53 Å². The lowest BCUT2D eigenvalue weighted by atomic mass is 9.96. The van der Waals surface area contributed by atoms with Gasteiger partial charge in [-0.3, -0.25) is 0 Å². The molecule has 1 aromatic carbocycles. The smallest absolute Gasteiger partial charge is 0.338 e. The van der Waals surface area contributed by atoms with Crippen LogP contribution < -0.4 is 0 Å². The maximum Gasteiger partial charge on any atom is 0.338 e. The second kappa shape index (κ2) is 7.57. The lowest BCUT2D eigenvalue weighted by Gasteiger charge is -2.31. The fraction of sp³-hybridized carbons (Fsp3) is 0.588. The Balaban J connectivity index is 1.93. The lowest BCUT2D eigenvalue weighted by molar-refractivity contribution is 0.0598. The molecule has 4 nitrogen and oxygen atoms in total. The van der Waals surface area contributed by atoms with E-state index in [0.717, 1.165) is 24.6 Å². The van der Waals surface area contributed by atoms with Crippen molar-refractivity contribution in [3.63, 3.8) is 0 Å². The van der Waals surface area contributed by atoms with Gasteiger partial charge >= 0.3 is 5.97 Å².